The van der Waals surface area contributed by atoms with Crippen molar-refractivity contribution in [3.63, 3.8) is 0 Å². The van der Waals surface area contributed by atoms with Crippen LogP contribution in [-0.2, 0) is 19.1 Å². The second-order valence-corrected chi connectivity index (χ2v) is 12.4. The van der Waals surface area contributed by atoms with Gasteiger partial charge in [-0.2, -0.15) is 0 Å². The maximum Gasteiger partial charge on any atom is 0.190 e. The van der Waals surface area contributed by atoms with Gasteiger partial charge in [-0.1, -0.05) is 19.4 Å². The molecule has 0 aromatic carbocycles. The highest BCUT2D eigenvalue weighted by atomic mass is 16.7. The third-order valence-corrected chi connectivity index (χ3v) is 10.7. The van der Waals surface area contributed by atoms with Gasteiger partial charge in [0.2, 0.25) is 0 Å². The molecular formula is C27H40O10. The predicted molar refractivity (Wildman–Crippen MR) is 128 cm³/mol. The summed E-state index contributed by atoms with van der Waals surface area (Å²) in [5.41, 5.74) is -1.79. The molecule has 5 rings (SSSR count). The first-order chi connectivity index (χ1) is 17.4. The lowest BCUT2D eigenvalue weighted by atomic mass is 9.45. The van der Waals surface area contributed by atoms with E-state index in [-0.39, 0.29) is 41.8 Å². The molecular weight excluding hydrogens is 484 g/mol. The Labute approximate surface area is 216 Å². The molecule has 3 saturated carbocycles. The van der Waals surface area contributed by atoms with E-state index in [0.29, 0.717) is 19.3 Å². The zero-order valence-electron chi connectivity index (χ0n) is 21.5. The summed E-state index contributed by atoms with van der Waals surface area (Å²) in [5.74, 6) is -0.371. The smallest absolute Gasteiger partial charge is 0.190 e. The second-order valence-electron chi connectivity index (χ2n) is 12.4. The molecule has 0 bridgehead atoms. The highest BCUT2D eigenvalue weighted by Gasteiger charge is 2.68. The Bertz CT molecular complexity index is 965. The molecule has 37 heavy (non-hydrogen) atoms. The van der Waals surface area contributed by atoms with Gasteiger partial charge in [0.1, 0.15) is 36.6 Å². The molecule has 1 unspecified atom stereocenters. The minimum absolute atomic E-state index is 0.0121. The fraction of sp³-hybridized carbons (Fsp3) is 0.852. The van der Waals surface area contributed by atoms with Gasteiger partial charge in [0.15, 0.2) is 17.9 Å². The van der Waals surface area contributed by atoms with Crippen molar-refractivity contribution in [1.29, 1.82) is 0 Å². The molecule has 208 valence electrons. The highest BCUT2D eigenvalue weighted by Crippen LogP contribution is 2.67. The Morgan fingerprint density at radius 1 is 1.08 bits per heavy atom. The summed E-state index contributed by atoms with van der Waals surface area (Å²) >= 11 is 0. The van der Waals surface area contributed by atoms with Crippen molar-refractivity contribution in [2.75, 3.05) is 13.2 Å². The number of aliphatic hydroxyl groups is 6. The van der Waals surface area contributed by atoms with Crippen LogP contribution in [0.5, 0.6) is 0 Å². The molecule has 4 aliphatic carbocycles. The first kappa shape index (κ1) is 27.3. The number of carbonyl (C=O) groups excluding carboxylic acids is 2. The topological polar surface area (TPSA) is 174 Å². The maximum atomic E-state index is 13.5. The zero-order valence-corrected chi connectivity index (χ0v) is 21.5. The number of fused-ring (bicyclic) bond motifs is 5. The number of rotatable bonds is 5. The molecule has 0 aromatic rings. The number of ether oxygens (including phenoxy) is 2. The average Bonchev–Trinajstić information content (AvgIpc) is 3.13. The van der Waals surface area contributed by atoms with Gasteiger partial charge >= 0.3 is 0 Å². The minimum Gasteiger partial charge on any atom is -0.394 e. The zero-order chi connectivity index (χ0) is 26.9. The fourth-order valence-electron chi connectivity index (χ4n) is 8.63. The Balaban J connectivity index is 1.33. The molecule has 1 saturated heterocycles. The monoisotopic (exact) mass is 524 g/mol. The molecule has 12 atom stereocenters. The molecule has 10 heteroatoms. The van der Waals surface area contributed by atoms with Crippen molar-refractivity contribution < 1.29 is 49.7 Å². The molecule has 10 nitrogen and oxygen atoms in total. The lowest BCUT2D eigenvalue weighted by Gasteiger charge is -2.60. The summed E-state index contributed by atoms with van der Waals surface area (Å²) in [7, 11) is 0. The van der Waals surface area contributed by atoms with Crippen LogP contribution in [0.2, 0.25) is 0 Å². The first-order valence-electron chi connectivity index (χ1n) is 13.5. The molecule has 4 fully saturated rings. The number of allylic oxidation sites excluding steroid dienone is 1. The van der Waals surface area contributed by atoms with Crippen LogP contribution < -0.4 is 0 Å². The molecule has 0 radical (unpaired) electrons. The van der Waals surface area contributed by atoms with E-state index in [4.69, 9.17) is 9.47 Å². The Hall–Kier alpha value is -1.24. The predicted octanol–water partition coefficient (Wildman–Crippen LogP) is -0.394. The van der Waals surface area contributed by atoms with Crippen LogP contribution in [0, 0.1) is 28.6 Å². The Morgan fingerprint density at radius 2 is 1.81 bits per heavy atom. The summed E-state index contributed by atoms with van der Waals surface area (Å²) in [4.78, 5) is 25.5. The Morgan fingerprint density at radius 3 is 2.51 bits per heavy atom. The number of ketones is 2. The van der Waals surface area contributed by atoms with Crippen molar-refractivity contribution in [1.82, 2.24) is 0 Å². The van der Waals surface area contributed by atoms with Gasteiger partial charge in [-0.15, -0.1) is 0 Å². The van der Waals surface area contributed by atoms with E-state index < -0.39 is 66.8 Å². The van der Waals surface area contributed by atoms with E-state index in [9.17, 15) is 40.2 Å². The highest BCUT2D eigenvalue weighted by molar-refractivity contribution is 5.92. The summed E-state index contributed by atoms with van der Waals surface area (Å²) in [6.07, 6.45) is -2.58. The third kappa shape index (κ3) is 3.98. The number of Topliss-reactive ketones (excluding diaryl/α,β-unsaturated/α-hetero) is 1. The van der Waals surface area contributed by atoms with Crippen molar-refractivity contribution in [2.24, 2.45) is 28.6 Å². The van der Waals surface area contributed by atoms with Crippen LogP contribution in [0.15, 0.2) is 11.6 Å². The van der Waals surface area contributed by atoms with Gasteiger partial charge in [-0.05, 0) is 67.8 Å². The Kier molecular flexibility index (Phi) is 6.98. The largest absolute Gasteiger partial charge is 0.394 e. The third-order valence-electron chi connectivity index (χ3n) is 10.7. The van der Waals surface area contributed by atoms with Crippen molar-refractivity contribution >= 4 is 11.6 Å². The molecule has 1 aliphatic heterocycles. The normalized spacial score (nSPS) is 51.6. The van der Waals surface area contributed by atoms with E-state index in [1.165, 1.54) is 0 Å². The lowest BCUT2D eigenvalue weighted by Crippen LogP contribution is -2.62. The van der Waals surface area contributed by atoms with Crippen LogP contribution >= 0.6 is 0 Å². The number of aliphatic hydroxyl groups excluding tert-OH is 5. The standard InChI is InChI=1S/C27H40O10/c1-25-7-5-14(29)9-13(25)3-4-15-16-6-8-27(35,26(16,2)10-17(30)20(15)25)19(31)12-36-24-23(34)22(33)21(32)18(11-28)37-24/h9,15-18,20-24,28,30,32-35H,3-8,10-12H2,1-2H3/t15-,16-,17-,18+,20+,21+,22-,23+,24?,25-,26-,27-/m0/s1. The minimum atomic E-state index is -1.75. The average molecular weight is 525 g/mol. The lowest BCUT2D eigenvalue weighted by molar-refractivity contribution is -0.300. The van der Waals surface area contributed by atoms with Gasteiger partial charge in [-0.3, -0.25) is 9.59 Å². The van der Waals surface area contributed by atoms with Crippen LogP contribution in [0.4, 0.5) is 0 Å². The SMILES string of the molecule is C[C@]12CCC(=O)C=C1CC[C@@H]1[C@@H]2[C@@H](O)C[C@@]2(C)[C@H]1CC[C@]2(O)C(=O)COC1O[C@H](CO)[C@@H](O)[C@H](O)[C@H]1O. The van der Waals surface area contributed by atoms with E-state index in [0.717, 1.165) is 18.4 Å². The van der Waals surface area contributed by atoms with Crippen LogP contribution in [-0.4, -0.2) is 97.8 Å². The van der Waals surface area contributed by atoms with E-state index in [1.807, 2.05) is 6.92 Å². The summed E-state index contributed by atoms with van der Waals surface area (Å²) in [6, 6.07) is 0. The fourth-order valence-corrected chi connectivity index (χ4v) is 8.63. The molecule has 1 heterocycles. The van der Waals surface area contributed by atoms with Crippen molar-refractivity contribution in [3.05, 3.63) is 11.6 Å². The van der Waals surface area contributed by atoms with E-state index in [1.54, 1.807) is 6.08 Å². The van der Waals surface area contributed by atoms with Crippen molar-refractivity contribution in [3.8, 4) is 0 Å². The number of hydrogen-bond acceptors (Lipinski definition) is 10. The van der Waals surface area contributed by atoms with Gasteiger partial charge in [0.25, 0.3) is 0 Å². The van der Waals surface area contributed by atoms with Crippen molar-refractivity contribution in [2.45, 2.75) is 101 Å². The molecule has 6 N–H and O–H groups in total. The summed E-state index contributed by atoms with van der Waals surface area (Å²) in [5, 5.41) is 62.8. The molecule has 0 amide bonds. The van der Waals surface area contributed by atoms with E-state index >= 15 is 0 Å². The van der Waals surface area contributed by atoms with E-state index in [2.05, 4.69) is 6.92 Å². The molecule has 5 aliphatic rings. The van der Waals surface area contributed by atoms with Crippen LogP contribution in [0.3, 0.4) is 0 Å². The van der Waals surface area contributed by atoms with Gasteiger partial charge in [-0.25, -0.2) is 0 Å². The van der Waals surface area contributed by atoms with Gasteiger partial charge in [0.05, 0.1) is 12.7 Å². The summed E-state index contributed by atoms with van der Waals surface area (Å²) in [6.45, 7) is 2.80. The van der Waals surface area contributed by atoms with Crippen LogP contribution in [0.1, 0.15) is 58.8 Å². The van der Waals surface area contributed by atoms with Gasteiger partial charge in [0, 0.05) is 11.8 Å². The summed E-state index contributed by atoms with van der Waals surface area (Å²) < 4.78 is 10.8. The number of hydrogen-bond donors (Lipinski definition) is 6. The first-order valence-corrected chi connectivity index (χ1v) is 13.5. The second kappa shape index (κ2) is 9.45. The quantitative estimate of drug-likeness (QED) is 0.278. The molecule has 0 aromatic heterocycles. The number of carbonyl (C=O) groups is 2. The van der Waals surface area contributed by atoms with Gasteiger partial charge < -0.3 is 40.1 Å². The molecule has 0 spiro atoms. The van der Waals surface area contributed by atoms with Crippen LogP contribution in [0.25, 0.3) is 0 Å². The maximum absolute atomic E-state index is 13.5.